The van der Waals surface area contributed by atoms with Crippen LogP contribution in [0.5, 0.6) is 0 Å². The van der Waals surface area contributed by atoms with Crippen molar-refractivity contribution >= 4 is 22.6 Å². The fourth-order valence-corrected chi connectivity index (χ4v) is 2.24. The first-order valence-corrected chi connectivity index (χ1v) is 6.38. The summed E-state index contributed by atoms with van der Waals surface area (Å²) in [5.74, 6) is 0.884. The standard InChI is InChI=1S/C12H16IN/c1-2-14-12(9-3-4-9)10-5-7-11(13)8-6-10/h5-9,12,14H,2-4H2,1H3. The first-order chi connectivity index (χ1) is 6.81. The Balaban J connectivity index is 2.13. The molecule has 1 atom stereocenters. The third-order valence-electron chi connectivity index (χ3n) is 2.75. The Morgan fingerprint density at radius 3 is 2.50 bits per heavy atom. The third-order valence-corrected chi connectivity index (χ3v) is 3.47. The van der Waals surface area contributed by atoms with Crippen LogP contribution in [0.25, 0.3) is 0 Å². The van der Waals surface area contributed by atoms with Crippen LogP contribution in [0.1, 0.15) is 31.4 Å². The van der Waals surface area contributed by atoms with Crippen LogP contribution in [0.4, 0.5) is 0 Å². The van der Waals surface area contributed by atoms with Gasteiger partial charge in [0.1, 0.15) is 0 Å². The number of benzene rings is 1. The van der Waals surface area contributed by atoms with Crippen molar-refractivity contribution in [3.63, 3.8) is 0 Å². The summed E-state index contributed by atoms with van der Waals surface area (Å²) in [6, 6.07) is 9.50. The van der Waals surface area contributed by atoms with Crippen LogP contribution in [0.2, 0.25) is 0 Å². The first kappa shape index (κ1) is 10.4. The summed E-state index contributed by atoms with van der Waals surface area (Å²) < 4.78 is 1.32. The summed E-state index contributed by atoms with van der Waals surface area (Å²) in [5, 5.41) is 3.58. The monoisotopic (exact) mass is 301 g/mol. The molecule has 1 saturated carbocycles. The van der Waals surface area contributed by atoms with E-state index < -0.39 is 0 Å². The molecule has 0 aromatic heterocycles. The minimum atomic E-state index is 0.594. The van der Waals surface area contributed by atoms with Gasteiger partial charge in [-0.15, -0.1) is 0 Å². The average molecular weight is 301 g/mol. The van der Waals surface area contributed by atoms with Gasteiger partial charge in [-0.3, -0.25) is 0 Å². The maximum absolute atomic E-state index is 3.58. The van der Waals surface area contributed by atoms with Crippen LogP contribution in [-0.2, 0) is 0 Å². The van der Waals surface area contributed by atoms with Gasteiger partial charge in [0.15, 0.2) is 0 Å². The van der Waals surface area contributed by atoms with Crippen molar-refractivity contribution in [1.29, 1.82) is 0 Å². The van der Waals surface area contributed by atoms with E-state index in [9.17, 15) is 0 Å². The SMILES string of the molecule is CCNC(c1ccc(I)cc1)C1CC1. The van der Waals surface area contributed by atoms with E-state index in [1.54, 1.807) is 0 Å². The highest BCUT2D eigenvalue weighted by Crippen LogP contribution is 2.40. The Kier molecular flexibility index (Phi) is 3.44. The summed E-state index contributed by atoms with van der Waals surface area (Å²) >= 11 is 2.35. The molecule has 0 saturated heterocycles. The summed E-state index contributed by atoms with van der Waals surface area (Å²) in [5.41, 5.74) is 1.45. The highest BCUT2D eigenvalue weighted by atomic mass is 127. The van der Waals surface area contributed by atoms with E-state index >= 15 is 0 Å². The highest BCUT2D eigenvalue weighted by Gasteiger charge is 2.31. The molecule has 1 N–H and O–H groups in total. The molecule has 0 heterocycles. The zero-order valence-corrected chi connectivity index (χ0v) is 10.6. The molecule has 0 spiro atoms. The molecule has 14 heavy (non-hydrogen) atoms. The van der Waals surface area contributed by atoms with E-state index in [1.165, 1.54) is 22.0 Å². The molecule has 1 unspecified atom stereocenters. The van der Waals surface area contributed by atoms with Gasteiger partial charge in [0.25, 0.3) is 0 Å². The second kappa shape index (κ2) is 4.62. The molecule has 1 aromatic rings. The molecule has 1 aliphatic carbocycles. The van der Waals surface area contributed by atoms with Crippen LogP contribution in [0, 0.1) is 9.49 Å². The lowest BCUT2D eigenvalue weighted by atomic mass is 10.0. The van der Waals surface area contributed by atoms with Crippen molar-refractivity contribution in [1.82, 2.24) is 5.32 Å². The van der Waals surface area contributed by atoms with Gasteiger partial charge in [-0.2, -0.15) is 0 Å². The second-order valence-corrected chi connectivity index (χ2v) is 5.17. The maximum Gasteiger partial charge on any atom is 0.0348 e. The van der Waals surface area contributed by atoms with Gasteiger partial charge in [-0.25, -0.2) is 0 Å². The van der Waals surface area contributed by atoms with Gasteiger partial charge in [0, 0.05) is 9.61 Å². The van der Waals surface area contributed by atoms with Crippen LogP contribution in [-0.4, -0.2) is 6.54 Å². The zero-order chi connectivity index (χ0) is 9.97. The topological polar surface area (TPSA) is 12.0 Å². The third kappa shape index (κ3) is 2.48. The fraction of sp³-hybridized carbons (Fsp3) is 0.500. The molecular weight excluding hydrogens is 285 g/mol. The number of rotatable bonds is 4. The molecule has 1 nitrogen and oxygen atoms in total. The number of halogens is 1. The lowest BCUT2D eigenvalue weighted by Crippen LogP contribution is -2.22. The van der Waals surface area contributed by atoms with Gasteiger partial charge in [-0.1, -0.05) is 19.1 Å². The van der Waals surface area contributed by atoms with Crippen LogP contribution in [0.15, 0.2) is 24.3 Å². The van der Waals surface area contributed by atoms with Crippen molar-refractivity contribution in [2.45, 2.75) is 25.8 Å². The largest absolute Gasteiger partial charge is 0.310 e. The van der Waals surface area contributed by atoms with Crippen LogP contribution >= 0.6 is 22.6 Å². The van der Waals surface area contributed by atoms with E-state index in [-0.39, 0.29) is 0 Å². The lowest BCUT2D eigenvalue weighted by Gasteiger charge is -2.17. The minimum Gasteiger partial charge on any atom is -0.310 e. The van der Waals surface area contributed by atoms with Crippen molar-refractivity contribution < 1.29 is 0 Å². The molecule has 76 valence electrons. The van der Waals surface area contributed by atoms with Crippen molar-refractivity contribution in [3.05, 3.63) is 33.4 Å². The van der Waals surface area contributed by atoms with Crippen molar-refractivity contribution in [2.24, 2.45) is 5.92 Å². The molecular formula is C12H16IN. The Morgan fingerprint density at radius 1 is 1.36 bits per heavy atom. The van der Waals surface area contributed by atoms with Gasteiger partial charge < -0.3 is 5.32 Å². The number of nitrogens with one attached hydrogen (secondary N) is 1. The van der Waals surface area contributed by atoms with Gasteiger partial charge in [0.05, 0.1) is 0 Å². The molecule has 0 aliphatic heterocycles. The molecule has 0 amide bonds. The van der Waals surface area contributed by atoms with Crippen molar-refractivity contribution in [2.75, 3.05) is 6.54 Å². The molecule has 0 bridgehead atoms. The Morgan fingerprint density at radius 2 is 2.00 bits per heavy atom. The van der Waals surface area contributed by atoms with E-state index in [0.717, 1.165) is 12.5 Å². The highest BCUT2D eigenvalue weighted by molar-refractivity contribution is 14.1. The molecule has 1 aromatic carbocycles. The quantitative estimate of drug-likeness (QED) is 0.841. The maximum atomic E-state index is 3.58. The number of hydrogen-bond donors (Lipinski definition) is 1. The van der Waals surface area contributed by atoms with E-state index in [1.807, 2.05) is 0 Å². The summed E-state index contributed by atoms with van der Waals surface area (Å²) in [7, 11) is 0. The predicted octanol–water partition coefficient (Wildman–Crippen LogP) is 3.35. The summed E-state index contributed by atoms with van der Waals surface area (Å²) in [4.78, 5) is 0. The first-order valence-electron chi connectivity index (χ1n) is 5.30. The Hall–Kier alpha value is -0.0900. The molecule has 1 aliphatic rings. The summed E-state index contributed by atoms with van der Waals surface area (Å²) in [6.45, 7) is 3.25. The minimum absolute atomic E-state index is 0.594. The fourth-order valence-electron chi connectivity index (χ4n) is 1.88. The zero-order valence-electron chi connectivity index (χ0n) is 8.46. The molecule has 2 heteroatoms. The van der Waals surface area contributed by atoms with E-state index in [4.69, 9.17) is 0 Å². The lowest BCUT2D eigenvalue weighted by molar-refractivity contribution is 0.496. The second-order valence-electron chi connectivity index (χ2n) is 3.92. The predicted molar refractivity (Wildman–Crippen MR) is 68.3 cm³/mol. The van der Waals surface area contributed by atoms with Crippen LogP contribution in [0.3, 0.4) is 0 Å². The van der Waals surface area contributed by atoms with Crippen molar-refractivity contribution in [3.8, 4) is 0 Å². The van der Waals surface area contributed by atoms with Gasteiger partial charge >= 0.3 is 0 Å². The van der Waals surface area contributed by atoms with Gasteiger partial charge in [-0.05, 0) is 65.6 Å². The summed E-state index contributed by atoms with van der Waals surface area (Å²) in [6.07, 6.45) is 2.79. The molecule has 0 radical (unpaired) electrons. The normalized spacial score (nSPS) is 18.1. The Bertz CT molecular complexity index is 290. The van der Waals surface area contributed by atoms with Gasteiger partial charge in [0.2, 0.25) is 0 Å². The van der Waals surface area contributed by atoms with E-state index in [0.29, 0.717) is 6.04 Å². The smallest absolute Gasteiger partial charge is 0.0348 e. The number of hydrogen-bond acceptors (Lipinski definition) is 1. The Labute approximate surface area is 99.4 Å². The van der Waals surface area contributed by atoms with Crippen LogP contribution < -0.4 is 5.32 Å². The molecule has 1 fully saturated rings. The van der Waals surface area contributed by atoms with E-state index in [2.05, 4.69) is 59.1 Å². The average Bonchev–Trinajstić information content (AvgIpc) is 2.99. The molecule has 2 rings (SSSR count).